The summed E-state index contributed by atoms with van der Waals surface area (Å²) >= 11 is 6.07. The average molecular weight is 388 g/mol. The van der Waals surface area contributed by atoms with E-state index in [9.17, 15) is 0 Å². The van der Waals surface area contributed by atoms with Crippen molar-refractivity contribution in [1.29, 1.82) is 0 Å². The molecule has 0 spiro atoms. The molecule has 4 atom stereocenters. The quantitative estimate of drug-likeness (QED) is 0.669. The molecule has 0 N–H and O–H groups in total. The fourth-order valence-corrected chi connectivity index (χ4v) is 6.74. The maximum absolute atomic E-state index is 4.00. The maximum Gasteiger partial charge on any atom is 0.0353 e. The van der Waals surface area contributed by atoms with Crippen molar-refractivity contribution >= 4 is 27.7 Å². The van der Waals surface area contributed by atoms with E-state index in [1.54, 1.807) is 0 Å². The molecular formula is C20H22BrNS. The molecular weight excluding hydrogens is 366 g/mol. The summed E-state index contributed by atoms with van der Waals surface area (Å²) in [6.45, 7) is 4.47. The van der Waals surface area contributed by atoms with Crippen LogP contribution in [0.25, 0.3) is 0 Å². The molecule has 4 rings (SSSR count). The van der Waals surface area contributed by atoms with Gasteiger partial charge < -0.3 is 0 Å². The topological polar surface area (TPSA) is 3.24 Å². The molecule has 2 aromatic carbocycles. The first-order valence-corrected chi connectivity index (χ1v) is 10.2. The Morgan fingerprint density at radius 2 is 1.83 bits per heavy atom. The second-order valence-corrected chi connectivity index (χ2v) is 9.19. The molecule has 23 heavy (non-hydrogen) atoms. The number of thioether (sulfide) groups is 1. The lowest BCUT2D eigenvalue weighted by atomic mass is 10.1. The summed E-state index contributed by atoms with van der Waals surface area (Å²) in [4.78, 5) is 4.75. The lowest BCUT2D eigenvalue weighted by molar-refractivity contribution is 0.211. The number of halogens is 1. The van der Waals surface area contributed by atoms with Crippen LogP contribution in [-0.4, -0.2) is 27.6 Å². The lowest BCUT2D eigenvalue weighted by Crippen LogP contribution is -2.40. The SMILES string of the molecule is Cc1ccc(S[C@@H]2C[C@H]3CN(Cc4ccccc4)[C@H]2[C@@H]3Br)cc1. The van der Waals surface area contributed by atoms with Crippen LogP contribution in [0.4, 0.5) is 0 Å². The highest BCUT2D eigenvalue weighted by Gasteiger charge is 2.51. The van der Waals surface area contributed by atoms with E-state index < -0.39 is 0 Å². The molecule has 2 aromatic rings. The summed E-state index contributed by atoms with van der Waals surface area (Å²) in [6.07, 6.45) is 1.34. The Morgan fingerprint density at radius 1 is 1.09 bits per heavy atom. The van der Waals surface area contributed by atoms with Gasteiger partial charge in [-0.1, -0.05) is 64.0 Å². The van der Waals surface area contributed by atoms with Gasteiger partial charge in [0.15, 0.2) is 0 Å². The summed E-state index contributed by atoms with van der Waals surface area (Å²) < 4.78 is 0. The Bertz CT molecular complexity index is 657. The van der Waals surface area contributed by atoms with Gasteiger partial charge in [-0.15, -0.1) is 11.8 Å². The molecule has 1 saturated heterocycles. The van der Waals surface area contributed by atoms with Crippen LogP contribution in [-0.2, 0) is 6.54 Å². The summed E-state index contributed by atoms with van der Waals surface area (Å²) in [5, 5.41) is 0.699. The Hall–Kier alpha value is -0.770. The van der Waals surface area contributed by atoms with Crippen molar-refractivity contribution in [2.24, 2.45) is 5.92 Å². The highest BCUT2D eigenvalue weighted by molar-refractivity contribution is 9.09. The van der Waals surface area contributed by atoms with Crippen molar-refractivity contribution in [3.8, 4) is 0 Å². The van der Waals surface area contributed by atoms with Gasteiger partial charge in [0.05, 0.1) is 0 Å². The fraction of sp³-hybridized carbons (Fsp3) is 0.400. The van der Waals surface area contributed by atoms with Crippen LogP contribution in [0, 0.1) is 12.8 Å². The highest BCUT2D eigenvalue weighted by Crippen LogP contribution is 2.49. The molecule has 0 radical (unpaired) electrons. The van der Waals surface area contributed by atoms with Crippen LogP contribution in [0.5, 0.6) is 0 Å². The van der Waals surface area contributed by atoms with Gasteiger partial charge in [0.2, 0.25) is 0 Å². The van der Waals surface area contributed by atoms with E-state index >= 15 is 0 Å². The van der Waals surface area contributed by atoms with Gasteiger partial charge >= 0.3 is 0 Å². The number of hydrogen-bond donors (Lipinski definition) is 0. The standard InChI is InChI=1S/C20H22BrNS/c1-14-7-9-17(10-8-14)23-18-11-16-13-22(20(18)19(16)21)12-15-5-3-2-4-6-15/h2-10,16,18-20H,11-13H2,1H3/t16-,18+,19+,20+/m0/s1. The van der Waals surface area contributed by atoms with Crippen LogP contribution < -0.4 is 0 Å². The van der Waals surface area contributed by atoms with Gasteiger partial charge in [-0.25, -0.2) is 0 Å². The largest absolute Gasteiger partial charge is 0.294 e. The Kier molecular flexibility index (Phi) is 4.53. The number of likely N-dealkylation sites (tertiary alicyclic amines) is 1. The summed E-state index contributed by atoms with van der Waals surface area (Å²) in [7, 11) is 0. The van der Waals surface area contributed by atoms with Gasteiger partial charge in [-0.2, -0.15) is 0 Å². The van der Waals surface area contributed by atoms with E-state index in [-0.39, 0.29) is 0 Å². The zero-order valence-electron chi connectivity index (χ0n) is 13.4. The van der Waals surface area contributed by atoms with Gasteiger partial charge in [0.1, 0.15) is 0 Å². The van der Waals surface area contributed by atoms with Gasteiger partial charge in [-0.3, -0.25) is 4.90 Å². The molecule has 1 aliphatic heterocycles. The van der Waals surface area contributed by atoms with E-state index in [4.69, 9.17) is 0 Å². The highest BCUT2D eigenvalue weighted by atomic mass is 79.9. The third-order valence-electron chi connectivity index (χ3n) is 5.12. The number of benzene rings is 2. The minimum atomic E-state index is 0.645. The summed E-state index contributed by atoms with van der Waals surface area (Å²) in [6, 6.07) is 20.5. The zero-order valence-corrected chi connectivity index (χ0v) is 15.8. The van der Waals surface area contributed by atoms with E-state index in [0.29, 0.717) is 16.1 Å². The van der Waals surface area contributed by atoms with Crippen molar-refractivity contribution in [1.82, 2.24) is 4.90 Å². The molecule has 2 fully saturated rings. The predicted molar refractivity (Wildman–Crippen MR) is 102 cm³/mol. The van der Waals surface area contributed by atoms with Crippen LogP contribution in [0.1, 0.15) is 17.5 Å². The number of piperidine rings is 1. The van der Waals surface area contributed by atoms with Crippen LogP contribution in [0.2, 0.25) is 0 Å². The molecule has 1 nitrogen and oxygen atoms in total. The van der Waals surface area contributed by atoms with Crippen molar-refractivity contribution in [3.05, 3.63) is 65.7 Å². The molecule has 2 bridgehead atoms. The Balaban J connectivity index is 1.48. The second-order valence-electron chi connectivity index (χ2n) is 6.82. The average Bonchev–Trinajstić information content (AvgIpc) is 3.02. The molecule has 0 amide bonds. The van der Waals surface area contributed by atoms with Crippen molar-refractivity contribution in [2.45, 2.75) is 40.9 Å². The lowest BCUT2D eigenvalue weighted by Gasteiger charge is -2.33. The van der Waals surface area contributed by atoms with Gasteiger partial charge in [-0.05, 0) is 37.0 Å². The van der Waals surface area contributed by atoms with E-state index in [1.165, 1.54) is 29.0 Å². The number of nitrogens with zero attached hydrogens (tertiary/aromatic N) is 1. The smallest absolute Gasteiger partial charge is 0.0353 e. The molecule has 1 aliphatic carbocycles. The third-order valence-corrected chi connectivity index (χ3v) is 7.73. The fourth-order valence-electron chi connectivity index (χ4n) is 3.98. The number of fused-ring (bicyclic) bond motifs is 2. The number of alkyl halides is 1. The van der Waals surface area contributed by atoms with Crippen LogP contribution in [0.3, 0.4) is 0 Å². The first-order chi connectivity index (χ1) is 11.2. The maximum atomic E-state index is 4.00. The minimum Gasteiger partial charge on any atom is -0.294 e. The normalized spacial score (nSPS) is 30.0. The molecule has 2 aliphatic rings. The zero-order chi connectivity index (χ0) is 15.8. The number of rotatable bonds is 4. The predicted octanol–water partition coefficient (Wildman–Crippen LogP) is 5.12. The van der Waals surface area contributed by atoms with Gasteiger partial charge in [0.25, 0.3) is 0 Å². The van der Waals surface area contributed by atoms with E-state index in [0.717, 1.165) is 12.5 Å². The molecule has 0 unspecified atom stereocenters. The van der Waals surface area contributed by atoms with Crippen LogP contribution >= 0.6 is 27.7 Å². The Morgan fingerprint density at radius 3 is 2.52 bits per heavy atom. The van der Waals surface area contributed by atoms with Crippen molar-refractivity contribution < 1.29 is 0 Å². The third kappa shape index (κ3) is 3.24. The van der Waals surface area contributed by atoms with E-state index in [1.807, 2.05) is 0 Å². The van der Waals surface area contributed by atoms with Gasteiger partial charge in [0, 0.05) is 34.1 Å². The minimum absolute atomic E-state index is 0.645. The Labute approximate surface area is 151 Å². The number of hydrogen-bond acceptors (Lipinski definition) is 2. The summed E-state index contributed by atoms with van der Waals surface area (Å²) in [5.41, 5.74) is 2.77. The molecule has 0 aromatic heterocycles. The first-order valence-electron chi connectivity index (χ1n) is 8.36. The van der Waals surface area contributed by atoms with Crippen molar-refractivity contribution in [3.63, 3.8) is 0 Å². The second kappa shape index (κ2) is 6.62. The summed E-state index contributed by atoms with van der Waals surface area (Å²) in [5.74, 6) is 0.798. The van der Waals surface area contributed by atoms with E-state index in [2.05, 4.69) is 94.1 Å². The molecule has 1 heterocycles. The number of aryl methyl sites for hydroxylation is 1. The molecule has 1 saturated carbocycles. The van der Waals surface area contributed by atoms with Crippen LogP contribution in [0.15, 0.2) is 59.5 Å². The molecule has 120 valence electrons. The van der Waals surface area contributed by atoms with Crippen molar-refractivity contribution in [2.75, 3.05) is 6.54 Å². The molecule has 3 heteroatoms. The first kappa shape index (κ1) is 15.7. The monoisotopic (exact) mass is 387 g/mol.